The number of urea groups is 1. The molecule has 2 heterocycles. The highest BCUT2D eigenvalue weighted by molar-refractivity contribution is 7.94. The molecule has 1 fully saturated rings. The minimum absolute atomic E-state index is 0.203. The van der Waals surface area contributed by atoms with Gasteiger partial charge >= 0.3 is 6.03 Å². The zero-order chi connectivity index (χ0) is 15.0. The van der Waals surface area contributed by atoms with Crippen molar-refractivity contribution in [3.8, 4) is 0 Å². The molecule has 0 bridgehead atoms. The fourth-order valence-electron chi connectivity index (χ4n) is 2.67. The van der Waals surface area contributed by atoms with E-state index in [9.17, 15) is 18.0 Å². The third kappa shape index (κ3) is 2.35. The Balaban J connectivity index is 1.96. The fraction of sp³-hybridized carbons (Fsp3) is 0.385. The van der Waals surface area contributed by atoms with E-state index >= 15 is 0 Å². The number of aryl methyl sites for hydroxylation is 1. The van der Waals surface area contributed by atoms with Gasteiger partial charge in [-0.25, -0.2) is 13.2 Å². The summed E-state index contributed by atoms with van der Waals surface area (Å²) in [6, 6.07) is 6.61. The van der Waals surface area contributed by atoms with Crippen LogP contribution in [0.3, 0.4) is 0 Å². The number of hydrogen-bond donors (Lipinski definition) is 2. The minimum Gasteiger partial charge on any atom is -0.336 e. The number of para-hydroxylation sites is 1. The van der Waals surface area contributed by atoms with Crippen LogP contribution in [0, 0.1) is 0 Å². The van der Waals surface area contributed by atoms with E-state index in [-0.39, 0.29) is 6.54 Å². The Labute approximate surface area is 122 Å². The first kappa shape index (κ1) is 13.9. The van der Waals surface area contributed by atoms with Crippen LogP contribution in [0.2, 0.25) is 0 Å². The molecular weight excluding hydrogens is 294 g/mol. The van der Waals surface area contributed by atoms with Crippen molar-refractivity contribution >= 4 is 27.6 Å². The average molecular weight is 309 g/mol. The molecule has 2 aliphatic rings. The Morgan fingerprint density at radius 2 is 1.95 bits per heavy atom. The smallest absolute Gasteiger partial charge is 0.321 e. The van der Waals surface area contributed by atoms with Crippen molar-refractivity contribution in [1.29, 1.82) is 0 Å². The number of rotatable bonds is 2. The molecule has 0 radical (unpaired) electrons. The maximum Gasteiger partial charge on any atom is 0.321 e. The van der Waals surface area contributed by atoms with Crippen molar-refractivity contribution in [2.24, 2.45) is 0 Å². The Hall–Kier alpha value is -2.09. The fourth-order valence-corrected chi connectivity index (χ4v) is 4.44. The topological polar surface area (TPSA) is 95.6 Å². The van der Waals surface area contributed by atoms with E-state index in [4.69, 9.17) is 0 Å². The van der Waals surface area contributed by atoms with Crippen molar-refractivity contribution in [3.05, 3.63) is 29.8 Å². The van der Waals surface area contributed by atoms with Crippen LogP contribution in [0.15, 0.2) is 24.3 Å². The van der Waals surface area contributed by atoms with Crippen LogP contribution in [-0.4, -0.2) is 38.7 Å². The molecule has 2 aliphatic heterocycles. The third-order valence-corrected chi connectivity index (χ3v) is 5.81. The van der Waals surface area contributed by atoms with Gasteiger partial charge in [0, 0.05) is 13.1 Å². The number of anilines is 1. The van der Waals surface area contributed by atoms with Gasteiger partial charge in [0.15, 0.2) is 5.25 Å². The van der Waals surface area contributed by atoms with E-state index in [1.807, 2.05) is 17.4 Å². The summed E-state index contributed by atoms with van der Waals surface area (Å²) in [5.74, 6) is -0.776. The number of imide groups is 1. The van der Waals surface area contributed by atoms with Crippen LogP contribution >= 0.6 is 0 Å². The van der Waals surface area contributed by atoms with Gasteiger partial charge in [0.05, 0.1) is 5.69 Å². The van der Waals surface area contributed by atoms with E-state index < -0.39 is 27.2 Å². The lowest BCUT2D eigenvalue weighted by Crippen LogP contribution is -2.60. The van der Waals surface area contributed by atoms with Gasteiger partial charge in [-0.2, -0.15) is 0 Å². The zero-order valence-corrected chi connectivity index (χ0v) is 12.0. The molecule has 2 N–H and O–H groups in total. The summed E-state index contributed by atoms with van der Waals surface area (Å²) in [6.07, 6.45) is 1.52. The molecule has 112 valence electrons. The molecule has 3 rings (SSSR count). The number of sulfonamides is 1. The van der Waals surface area contributed by atoms with Gasteiger partial charge < -0.3 is 5.32 Å². The summed E-state index contributed by atoms with van der Waals surface area (Å²) in [7, 11) is -3.86. The molecule has 7 nitrogen and oxygen atoms in total. The first-order valence-electron chi connectivity index (χ1n) is 6.68. The van der Waals surface area contributed by atoms with Gasteiger partial charge in [0.2, 0.25) is 15.9 Å². The molecule has 1 atom stereocenters. The number of fused-ring (bicyclic) bond motifs is 1. The quantitative estimate of drug-likeness (QED) is 0.802. The first-order valence-corrected chi connectivity index (χ1v) is 8.18. The standard InChI is InChI=1S/C13H15N3O4S/c17-12-11(8-14-13(18)15-12)21(19,20)16-7-3-5-9-4-1-2-6-10(9)16/h1-2,4,6,11H,3,5,7-8H2,(H2,14,15,17,18). The van der Waals surface area contributed by atoms with Crippen LogP contribution in [0.1, 0.15) is 12.0 Å². The molecule has 21 heavy (non-hydrogen) atoms. The molecule has 1 saturated heterocycles. The number of carbonyl (C=O) groups is 2. The number of hydrogen-bond acceptors (Lipinski definition) is 4. The van der Waals surface area contributed by atoms with Crippen molar-refractivity contribution in [1.82, 2.24) is 10.6 Å². The molecule has 1 aromatic rings. The molecule has 1 aromatic carbocycles. The Morgan fingerprint density at radius 3 is 2.71 bits per heavy atom. The van der Waals surface area contributed by atoms with Crippen molar-refractivity contribution in [3.63, 3.8) is 0 Å². The number of benzene rings is 1. The van der Waals surface area contributed by atoms with Crippen LogP contribution in [-0.2, 0) is 21.2 Å². The van der Waals surface area contributed by atoms with Crippen LogP contribution < -0.4 is 14.9 Å². The second-order valence-electron chi connectivity index (χ2n) is 5.04. The Bertz CT molecular complexity index is 701. The maximum absolute atomic E-state index is 12.7. The highest BCUT2D eigenvalue weighted by atomic mass is 32.2. The molecule has 0 spiro atoms. The van der Waals surface area contributed by atoms with Gasteiger partial charge in [0.1, 0.15) is 0 Å². The second kappa shape index (κ2) is 5.03. The summed E-state index contributed by atoms with van der Waals surface area (Å²) in [4.78, 5) is 22.9. The molecule has 0 aromatic heterocycles. The lowest BCUT2D eigenvalue weighted by atomic mass is 10.0. The monoisotopic (exact) mass is 309 g/mol. The summed E-state index contributed by atoms with van der Waals surface area (Å²) in [5, 5.41) is 3.07. The van der Waals surface area contributed by atoms with Crippen molar-refractivity contribution in [2.75, 3.05) is 17.4 Å². The first-order chi connectivity index (χ1) is 10.00. The summed E-state index contributed by atoms with van der Waals surface area (Å²) in [6.45, 7) is 0.142. The van der Waals surface area contributed by atoms with Gasteiger partial charge in [-0.1, -0.05) is 18.2 Å². The van der Waals surface area contributed by atoms with Gasteiger partial charge in [0.25, 0.3) is 0 Å². The molecule has 0 aliphatic carbocycles. The summed E-state index contributed by atoms with van der Waals surface area (Å²) in [5.41, 5.74) is 1.57. The van der Waals surface area contributed by atoms with Crippen LogP contribution in [0.5, 0.6) is 0 Å². The van der Waals surface area contributed by atoms with E-state index in [1.165, 1.54) is 4.31 Å². The van der Waals surface area contributed by atoms with Gasteiger partial charge in [-0.3, -0.25) is 14.4 Å². The lowest BCUT2D eigenvalue weighted by Gasteiger charge is -2.34. The second-order valence-corrected chi connectivity index (χ2v) is 7.08. The number of nitrogens with zero attached hydrogens (tertiary/aromatic N) is 1. The molecule has 8 heteroatoms. The largest absolute Gasteiger partial charge is 0.336 e. The van der Waals surface area contributed by atoms with E-state index in [0.29, 0.717) is 18.7 Å². The van der Waals surface area contributed by atoms with Gasteiger partial charge in [-0.15, -0.1) is 0 Å². The van der Waals surface area contributed by atoms with Crippen LogP contribution in [0.25, 0.3) is 0 Å². The highest BCUT2D eigenvalue weighted by Gasteiger charge is 2.42. The number of carbonyl (C=O) groups excluding carboxylic acids is 2. The third-order valence-electron chi connectivity index (χ3n) is 3.71. The predicted molar refractivity (Wildman–Crippen MR) is 76.4 cm³/mol. The minimum atomic E-state index is -3.86. The van der Waals surface area contributed by atoms with Crippen LogP contribution in [0.4, 0.5) is 10.5 Å². The Morgan fingerprint density at radius 1 is 1.19 bits per heavy atom. The zero-order valence-electron chi connectivity index (χ0n) is 11.2. The SMILES string of the molecule is O=C1NCC(S(=O)(=O)N2CCCc3ccccc32)C(=O)N1. The Kier molecular flexibility index (Phi) is 3.32. The number of amides is 3. The molecule has 1 unspecified atom stereocenters. The number of nitrogens with one attached hydrogen (secondary N) is 2. The molecule has 3 amide bonds. The predicted octanol–water partition coefficient (Wildman–Crippen LogP) is -0.0230. The maximum atomic E-state index is 12.7. The highest BCUT2D eigenvalue weighted by Crippen LogP contribution is 2.30. The lowest BCUT2D eigenvalue weighted by molar-refractivity contribution is -0.120. The summed E-state index contributed by atoms with van der Waals surface area (Å²) < 4.78 is 26.8. The summed E-state index contributed by atoms with van der Waals surface area (Å²) >= 11 is 0. The van der Waals surface area contributed by atoms with Gasteiger partial charge in [-0.05, 0) is 24.5 Å². The van der Waals surface area contributed by atoms with E-state index in [0.717, 1.165) is 12.0 Å². The average Bonchev–Trinajstić information content (AvgIpc) is 2.46. The molecule has 0 saturated carbocycles. The van der Waals surface area contributed by atoms with E-state index in [2.05, 4.69) is 5.32 Å². The normalized spacial score (nSPS) is 22.3. The van der Waals surface area contributed by atoms with E-state index in [1.54, 1.807) is 12.1 Å². The molecular formula is C13H15N3O4S. The van der Waals surface area contributed by atoms with Crippen molar-refractivity contribution < 1.29 is 18.0 Å². The van der Waals surface area contributed by atoms with Crippen molar-refractivity contribution in [2.45, 2.75) is 18.1 Å².